The quantitative estimate of drug-likeness (QED) is 0.512. The molecule has 1 fully saturated rings. The summed E-state index contributed by atoms with van der Waals surface area (Å²) in [5.41, 5.74) is 0. The first-order valence-electron chi connectivity index (χ1n) is 6.15. The highest BCUT2D eigenvalue weighted by molar-refractivity contribution is 6.17. The number of hydrogen-bond acceptors (Lipinski definition) is 2. The van der Waals surface area contributed by atoms with Gasteiger partial charge in [0.05, 0.1) is 0 Å². The molecular weight excluding hydrogens is 208 g/mol. The van der Waals surface area contributed by atoms with E-state index in [2.05, 4.69) is 23.9 Å². The number of piperidine rings is 1. The van der Waals surface area contributed by atoms with Gasteiger partial charge < -0.3 is 9.80 Å². The summed E-state index contributed by atoms with van der Waals surface area (Å²) in [7, 11) is 4.47. The number of alkyl halides is 1. The number of halogens is 1. The van der Waals surface area contributed by atoms with Crippen molar-refractivity contribution < 1.29 is 0 Å². The maximum Gasteiger partial charge on any atom is 0.0223 e. The van der Waals surface area contributed by atoms with E-state index in [9.17, 15) is 0 Å². The van der Waals surface area contributed by atoms with Crippen molar-refractivity contribution in [2.45, 2.75) is 25.7 Å². The monoisotopic (exact) mass is 232 g/mol. The average Bonchev–Trinajstić information content (AvgIpc) is 2.22. The van der Waals surface area contributed by atoms with Gasteiger partial charge in [0.15, 0.2) is 0 Å². The molecule has 0 aromatic carbocycles. The summed E-state index contributed by atoms with van der Waals surface area (Å²) in [5, 5.41) is 0. The Bertz CT molecular complexity index is 156. The molecule has 0 aromatic heterocycles. The molecule has 0 unspecified atom stereocenters. The van der Waals surface area contributed by atoms with Crippen molar-refractivity contribution in [3.05, 3.63) is 0 Å². The van der Waals surface area contributed by atoms with Crippen LogP contribution < -0.4 is 0 Å². The Morgan fingerprint density at radius 2 is 1.93 bits per heavy atom. The SMILES string of the molecule is CN1CCC(CN(C)CCCCCl)CC1. The van der Waals surface area contributed by atoms with Crippen molar-refractivity contribution in [3.63, 3.8) is 0 Å². The molecule has 90 valence electrons. The van der Waals surface area contributed by atoms with Crippen LogP contribution in [0.15, 0.2) is 0 Å². The van der Waals surface area contributed by atoms with Gasteiger partial charge in [0.1, 0.15) is 0 Å². The molecule has 15 heavy (non-hydrogen) atoms. The van der Waals surface area contributed by atoms with Gasteiger partial charge in [0.25, 0.3) is 0 Å². The molecule has 3 heteroatoms. The lowest BCUT2D eigenvalue weighted by atomic mass is 9.96. The molecule has 0 radical (unpaired) electrons. The molecule has 0 aliphatic carbocycles. The van der Waals surface area contributed by atoms with Crippen LogP contribution in [0.25, 0.3) is 0 Å². The molecule has 0 spiro atoms. The number of likely N-dealkylation sites (tertiary alicyclic amines) is 1. The first-order chi connectivity index (χ1) is 7.22. The second-order valence-corrected chi connectivity index (χ2v) is 5.28. The van der Waals surface area contributed by atoms with Crippen LogP contribution in [0.5, 0.6) is 0 Å². The van der Waals surface area contributed by atoms with Gasteiger partial charge in [0.2, 0.25) is 0 Å². The lowest BCUT2D eigenvalue weighted by Gasteiger charge is -2.31. The lowest BCUT2D eigenvalue weighted by molar-refractivity contribution is 0.175. The minimum atomic E-state index is 0.808. The van der Waals surface area contributed by atoms with Crippen LogP contribution in [-0.2, 0) is 0 Å². The van der Waals surface area contributed by atoms with Crippen molar-refractivity contribution in [1.82, 2.24) is 9.80 Å². The van der Waals surface area contributed by atoms with E-state index in [0.29, 0.717) is 0 Å². The molecule has 0 amide bonds. The Morgan fingerprint density at radius 1 is 1.27 bits per heavy atom. The van der Waals surface area contributed by atoms with Gasteiger partial charge >= 0.3 is 0 Å². The Labute approximate surface area is 99.6 Å². The summed E-state index contributed by atoms with van der Waals surface area (Å²) in [5.74, 6) is 1.73. The Balaban J connectivity index is 2.06. The maximum atomic E-state index is 5.67. The van der Waals surface area contributed by atoms with Gasteiger partial charge in [-0.1, -0.05) is 0 Å². The topological polar surface area (TPSA) is 6.48 Å². The third-order valence-electron chi connectivity index (χ3n) is 3.33. The van der Waals surface area contributed by atoms with Crippen LogP contribution >= 0.6 is 11.6 Å². The highest BCUT2D eigenvalue weighted by atomic mass is 35.5. The van der Waals surface area contributed by atoms with E-state index < -0.39 is 0 Å². The smallest absolute Gasteiger partial charge is 0.0223 e. The molecule has 0 N–H and O–H groups in total. The summed E-state index contributed by atoms with van der Waals surface area (Å²) in [6.45, 7) is 5.04. The Kier molecular flexibility index (Phi) is 6.62. The zero-order valence-corrected chi connectivity index (χ0v) is 11.0. The molecule has 1 rings (SSSR count). The van der Waals surface area contributed by atoms with Crippen molar-refractivity contribution in [2.75, 3.05) is 46.2 Å². The van der Waals surface area contributed by atoms with Gasteiger partial charge in [0, 0.05) is 12.4 Å². The van der Waals surface area contributed by atoms with E-state index in [4.69, 9.17) is 11.6 Å². The fraction of sp³-hybridized carbons (Fsp3) is 1.00. The molecular formula is C12H25ClN2. The normalized spacial score (nSPS) is 20.0. The van der Waals surface area contributed by atoms with E-state index in [1.165, 1.54) is 45.4 Å². The zero-order chi connectivity index (χ0) is 11.1. The van der Waals surface area contributed by atoms with Gasteiger partial charge in [-0.05, 0) is 65.3 Å². The van der Waals surface area contributed by atoms with E-state index in [0.717, 1.165) is 18.2 Å². The third-order valence-corrected chi connectivity index (χ3v) is 3.60. The Morgan fingerprint density at radius 3 is 2.53 bits per heavy atom. The van der Waals surface area contributed by atoms with Crippen LogP contribution in [0.3, 0.4) is 0 Å². The molecule has 1 heterocycles. The number of rotatable bonds is 6. The first-order valence-corrected chi connectivity index (χ1v) is 6.69. The Hall–Kier alpha value is 0.210. The molecule has 1 aliphatic rings. The van der Waals surface area contributed by atoms with Crippen LogP contribution in [-0.4, -0.2) is 56.0 Å². The first kappa shape index (κ1) is 13.3. The number of hydrogen-bond donors (Lipinski definition) is 0. The van der Waals surface area contributed by atoms with E-state index in [-0.39, 0.29) is 0 Å². The van der Waals surface area contributed by atoms with Crippen LogP contribution in [0.1, 0.15) is 25.7 Å². The number of nitrogens with zero attached hydrogens (tertiary/aromatic N) is 2. The average molecular weight is 233 g/mol. The van der Waals surface area contributed by atoms with Crippen LogP contribution in [0, 0.1) is 5.92 Å². The van der Waals surface area contributed by atoms with Gasteiger partial charge in [-0.25, -0.2) is 0 Å². The minimum absolute atomic E-state index is 0.808. The fourth-order valence-electron chi connectivity index (χ4n) is 2.25. The molecule has 2 nitrogen and oxygen atoms in total. The van der Waals surface area contributed by atoms with Crippen molar-refractivity contribution >= 4 is 11.6 Å². The van der Waals surface area contributed by atoms with Crippen molar-refractivity contribution in [3.8, 4) is 0 Å². The van der Waals surface area contributed by atoms with Crippen molar-refractivity contribution in [2.24, 2.45) is 5.92 Å². The predicted octanol–water partition coefficient (Wildman–Crippen LogP) is 2.28. The summed E-state index contributed by atoms with van der Waals surface area (Å²) in [4.78, 5) is 4.91. The molecule has 0 saturated carbocycles. The summed E-state index contributed by atoms with van der Waals surface area (Å²) in [6.07, 6.45) is 5.14. The van der Waals surface area contributed by atoms with Gasteiger partial charge in [-0.3, -0.25) is 0 Å². The summed E-state index contributed by atoms with van der Waals surface area (Å²) in [6, 6.07) is 0. The summed E-state index contributed by atoms with van der Waals surface area (Å²) >= 11 is 5.67. The molecule has 1 saturated heterocycles. The predicted molar refractivity (Wildman–Crippen MR) is 67.7 cm³/mol. The number of unbranched alkanes of at least 4 members (excludes halogenated alkanes) is 1. The van der Waals surface area contributed by atoms with Crippen molar-refractivity contribution in [1.29, 1.82) is 0 Å². The molecule has 0 bridgehead atoms. The van der Waals surface area contributed by atoms with Gasteiger partial charge in [-0.2, -0.15) is 0 Å². The maximum absolute atomic E-state index is 5.67. The van der Waals surface area contributed by atoms with Crippen LogP contribution in [0.4, 0.5) is 0 Å². The van der Waals surface area contributed by atoms with E-state index in [1.54, 1.807) is 0 Å². The third kappa shape index (κ3) is 5.74. The standard InChI is InChI=1S/C12H25ClN2/c1-14-9-5-12(6-10-14)11-15(2)8-4-3-7-13/h12H,3-11H2,1-2H3. The minimum Gasteiger partial charge on any atom is -0.306 e. The van der Waals surface area contributed by atoms with E-state index >= 15 is 0 Å². The molecule has 0 atom stereocenters. The van der Waals surface area contributed by atoms with Crippen LogP contribution in [0.2, 0.25) is 0 Å². The zero-order valence-electron chi connectivity index (χ0n) is 10.2. The lowest BCUT2D eigenvalue weighted by Crippen LogP contribution is -2.36. The largest absolute Gasteiger partial charge is 0.306 e. The highest BCUT2D eigenvalue weighted by Gasteiger charge is 2.17. The highest BCUT2D eigenvalue weighted by Crippen LogP contribution is 2.16. The van der Waals surface area contributed by atoms with E-state index in [1.807, 2.05) is 0 Å². The molecule has 0 aromatic rings. The fourth-order valence-corrected chi connectivity index (χ4v) is 2.44. The second kappa shape index (κ2) is 7.48. The summed E-state index contributed by atoms with van der Waals surface area (Å²) < 4.78 is 0. The van der Waals surface area contributed by atoms with Gasteiger partial charge in [-0.15, -0.1) is 11.6 Å². The second-order valence-electron chi connectivity index (χ2n) is 4.90. The molecule has 1 aliphatic heterocycles.